The number of anilines is 2. The molecule has 28 heavy (non-hydrogen) atoms. The van der Waals surface area contributed by atoms with Gasteiger partial charge in [-0.05, 0) is 36.4 Å². The minimum Gasteiger partial charge on any atom is -0.322 e. The van der Waals surface area contributed by atoms with Crippen molar-refractivity contribution in [2.45, 2.75) is 12.1 Å². The summed E-state index contributed by atoms with van der Waals surface area (Å²) in [6.07, 6.45) is 0. The van der Waals surface area contributed by atoms with Gasteiger partial charge in [0.05, 0.1) is 11.4 Å². The van der Waals surface area contributed by atoms with Crippen molar-refractivity contribution in [1.29, 1.82) is 0 Å². The maximum atomic E-state index is 13.7. The Morgan fingerprint density at radius 2 is 1.75 bits per heavy atom. The number of halogens is 2. The fraction of sp³-hybridized carbons (Fsp3) is 0.167. The van der Waals surface area contributed by atoms with E-state index in [1.807, 2.05) is 0 Å². The molecule has 1 N–H and O–H groups in total. The topological polar surface area (TPSA) is 94.4 Å². The molecule has 4 rings (SSSR count). The normalized spacial score (nSPS) is 20.6. The summed E-state index contributed by atoms with van der Waals surface area (Å²) in [4.78, 5) is 38.4. The zero-order chi connectivity index (χ0) is 19.8. The van der Waals surface area contributed by atoms with Crippen molar-refractivity contribution >= 4 is 29.1 Å². The number of imide groups is 1. The number of fused-ring (bicyclic) bond motifs is 1. The number of hydrogen-bond donors (Lipinski definition) is 1. The molecule has 0 bridgehead atoms. The maximum Gasteiger partial charge on any atom is 0.263 e. The minimum absolute atomic E-state index is 0.0121. The third-order valence-corrected chi connectivity index (χ3v) is 4.40. The van der Waals surface area contributed by atoms with Crippen LogP contribution in [0.1, 0.15) is 0 Å². The predicted molar refractivity (Wildman–Crippen MR) is 93.1 cm³/mol. The van der Waals surface area contributed by atoms with Crippen molar-refractivity contribution in [2.75, 3.05) is 16.8 Å². The van der Waals surface area contributed by atoms with Gasteiger partial charge in [-0.25, -0.2) is 13.7 Å². The third-order valence-electron chi connectivity index (χ3n) is 4.40. The van der Waals surface area contributed by atoms with Gasteiger partial charge in [0.25, 0.3) is 11.8 Å². The molecule has 3 amide bonds. The molecule has 2 aliphatic rings. The van der Waals surface area contributed by atoms with Crippen molar-refractivity contribution in [3.05, 3.63) is 60.2 Å². The van der Waals surface area contributed by atoms with Crippen molar-refractivity contribution in [3.63, 3.8) is 0 Å². The molecule has 2 atom stereocenters. The van der Waals surface area contributed by atoms with Gasteiger partial charge in [-0.1, -0.05) is 17.4 Å². The Morgan fingerprint density at radius 1 is 1.04 bits per heavy atom. The summed E-state index contributed by atoms with van der Waals surface area (Å²) in [6.45, 7) is -0.394. The second-order valence-electron chi connectivity index (χ2n) is 6.21. The molecular formula is C18H13F2N5O3. The Balaban J connectivity index is 1.49. The molecule has 0 saturated carbocycles. The number of carbonyl (C=O) groups is 3. The van der Waals surface area contributed by atoms with Crippen molar-refractivity contribution in [3.8, 4) is 0 Å². The van der Waals surface area contributed by atoms with E-state index in [1.54, 1.807) is 6.07 Å². The molecule has 10 heteroatoms. The van der Waals surface area contributed by atoms with E-state index in [0.29, 0.717) is 0 Å². The Hall–Kier alpha value is -3.69. The number of nitrogens with zero attached hydrogens (tertiary/aromatic N) is 4. The second-order valence-corrected chi connectivity index (χ2v) is 6.21. The highest BCUT2D eigenvalue weighted by atomic mass is 19.1. The van der Waals surface area contributed by atoms with Gasteiger partial charge in [-0.2, -0.15) is 5.11 Å². The smallest absolute Gasteiger partial charge is 0.263 e. The number of rotatable bonds is 4. The van der Waals surface area contributed by atoms with Crippen LogP contribution in [-0.2, 0) is 14.4 Å². The molecule has 0 spiro atoms. The van der Waals surface area contributed by atoms with Crippen LogP contribution in [-0.4, -0.2) is 41.4 Å². The SMILES string of the molecule is O=C(CN1N=N[C@H]2C(=O)N(c3ccc(F)cc3)C(=O)[C@H]21)Nc1ccccc1F. The molecular weight excluding hydrogens is 372 g/mol. The number of hydrogen-bond acceptors (Lipinski definition) is 6. The van der Waals surface area contributed by atoms with Crippen LogP contribution >= 0.6 is 0 Å². The summed E-state index contributed by atoms with van der Waals surface area (Å²) in [5, 5.41) is 11.0. The van der Waals surface area contributed by atoms with E-state index < -0.39 is 48.0 Å². The van der Waals surface area contributed by atoms with E-state index >= 15 is 0 Å². The van der Waals surface area contributed by atoms with Crippen LogP contribution in [0.3, 0.4) is 0 Å². The molecule has 1 fully saturated rings. The van der Waals surface area contributed by atoms with Crippen LogP contribution in [0.25, 0.3) is 0 Å². The van der Waals surface area contributed by atoms with Crippen LogP contribution in [0.4, 0.5) is 20.2 Å². The van der Waals surface area contributed by atoms with E-state index in [1.165, 1.54) is 30.3 Å². The van der Waals surface area contributed by atoms with Gasteiger partial charge in [-0.15, -0.1) is 0 Å². The van der Waals surface area contributed by atoms with Crippen LogP contribution < -0.4 is 10.2 Å². The molecule has 2 aromatic carbocycles. The summed E-state index contributed by atoms with van der Waals surface area (Å²) in [5.74, 6) is -2.96. The number of para-hydroxylation sites is 1. The summed E-state index contributed by atoms with van der Waals surface area (Å²) in [5.41, 5.74) is 0.193. The first kappa shape index (κ1) is 17.7. The monoisotopic (exact) mass is 385 g/mol. The summed E-state index contributed by atoms with van der Waals surface area (Å²) < 4.78 is 26.8. The lowest BCUT2D eigenvalue weighted by molar-refractivity contribution is -0.123. The molecule has 2 aromatic rings. The maximum absolute atomic E-state index is 13.7. The summed E-state index contributed by atoms with van der Waals surface area (Å²) >= 11 is 0. The van der Waals surface area contributed by atoms with Gasteiger partial charge in [0.15, 0.2) is 12.1 Å². The standard InChI is InChI=1S/C18H13F2N5O3/c19-10-5-7-11(8-6-10)25-17(27)15-16(18(25)28)24(23-22-15)9-14(26)21-13-4-2-1-3-12(13)20/h1-8,15-16H,9H2,(H,21,26)/t15-,16+/m1/s1. The second kappa shape index (κ2) is 6.80. The largest absolute Gasteiger partial charge is 0.322 e. The van der Waals surface area contributed by atoms with Crippen LogP contribution in [0, 0.1) is 11.6 Å². The highest BCUT2D eigenvalue weighted by molar-refractivity contribution is 6.25. The van der Waals surface area contributed by atoms with E-state index in [9.17, 15) is 23.2 Å². The quantitative estimate of drug-likeness (QED) is 0.814. The lowest BCUT2D eigenvalue weighted by atomic mass is 10.1. The Labute approximate surface area is 157 Å². The zero-order valence-electron chi connectivity index (χ0n) is 14.3. The fourth-order valence-corrected chi connectivity index (χ4v) is 3.10. The van der Waals surface area contributed by atoms with E-state index in [2.05, 4.69) is 15.7 Å². The first-order chi connectivity index (χ1) is 13.5. The molecule has 2 aliphatic heterocycles. The molecule has 142 valence electrons. The number of benzene rings is 2. The molecule has 8 nitrogen and oxygen atoms in total. The van der Waals surface area contributed by atoms with Gasteiger partial charge in [0.2, 0.25) is 5.91 Å². The highest BCUT2D eigenvalue weighted by Gasteiger charge is 2.55. The third kappa shape index (κ3) is 2.98. The molecule has 1 saturated heterocycles. The van der Waals surface area contributed by atoms with E-state index in [4.69, 9.17) is 0 Å². The highest BCUT2D eigenvalue weighted by Crippen LogP contribution is 2.31. The lowest BCUT2D eigenvalue weighted by Gasteiger charge is -2.20. The number of carbonyl (C=O) groups excluding carboxylic acids is 3. The molecule has 0 aliphatic carbocycles. The predicted octanol–water partition coefficient (Wildman–Crippen LogP) is 1.90. The van der Waals surface area contributed by atoms with Gasteiger partial charge < -0.3 is 5.32 Å². The average Bonchev–Trinajstić information content (AvgIpc) is 3.18. The summed E-state index contributed by atoms with van der Waals surface area (Å²) in [6, 6.07) is 8.33. The zero-order valence-corrected chi connectivity index (χ0v) is 14.3. The van der Waals surface area contributed by atoms with Crippen molar-refractivity contribution < 1.29 is 23.2 Å². The van der Waals surface area contributed by atoms with Gasteiger partial charge in [0, 0.05) is 0 Å². The molecule has 0 radical (unpaired) electrons. The van der Waals surface area contributed by atoms with Crippen molar-refractivity contribution in [1.82, 2.24) is 5.01 Å². The molecule has 2 heterocycles. The summed E-state index contributed by atoms with van der Waals surface area (Å²) in [7, 11) is 0. The van der Waals surface area contributed by atoms with Crippen LogP contribution in [0.15, 0.2) is 58.9 Å². The van der Waals surface area contributed by atoms with E-state index in [-0.39, 0.29) is 11.4 Å². The van der Waals surface area contributed by atoms with Gasteiger partial charge >= 0.3 is 0 Å². The Kier molecular flexibility index (Phi) is 4.30. The number of nitrogens with one attached hydrogen (secondary N) is 1. The van der Waals surface area contributed by atoms with Crippen LogP contribution in [0.2, 0.25) is 0 Å². The lowest BCUT2D eigenvalue weighted by Crippen LogP contribution is -2.43. The Morgan fingerprint density at radius 3 is 2.46 bits per heavy atom. The van der Waals surface area contributed by atoms with Crippen molar-refractivity contribution in [2.24, 2.45) is 10.3 Å². The molecule has 0 unspecified atom stereocenters. The fourth-order valence-electron chi connectivity index (χ4n) is 3.10. The number of amides is 3. The molecule has 0 aromatic heterocycles. The first-order valence-electron chi connectivity index (χ1n) is 8.31. The minimum atomic E-state index is -1.08. The van der Waals surface area contributed by atoms with E-state index in [0.717, 1.165) is 22.0 Å². The Bertz CT molecular complexity index is 995. The van der Waals surface area contributed by atoms with Gasteiger partial charge in [-0.3, -0.25) is 19.4 Å². The first-order valence-corrected chi connectivity index (χ1v) is 8.31. The van der Waals surface area contributed by atoms with Gasteiger partial charge in [0.1, 0.15) is 18.2 Å². The van der Waals surface area contributed by atoms with Crippen LogP contribution in [0.5, 0.6) is 0 Å². The average molecular weight is 385 g/mol.